The van der Waals surface area contributed by atoms with Gasteiger partial charge in [-0.3, -0.25) is 10.1 Å². The van der Waals surface area contributed by atoms with Crippen molar-refractivity contribution in [2.24, 2.45) is 5.84 Å². The van der Waals surface area contributed by atoms with Crippen molar-refractivity contribution in [1.29, 1.82) is 0 Å². The van der Waals surface area contributed by atoms with Crippen molar-refractivity contribution in [3.8, 4) is 0 Å². The summed E-state index contributed by atoms with van der Waals surface area (Å²) >= 11 is 0. The predicted molar refractivity (Wildman–Crippen MR) is 68.7 cm³/mol. The van der Waals surface area contributed by atoms with E-state index in [2.05, 4.69) is 15.4 Å². The van der Waals surface area contributed by atoms with Gasteiger partial charge in [0.05, 0.1) is 17.6 Å². The number of morpholine rings is 1. The van der Waals surface area contributed by atoms with E-state index >= 15 is 0 Å². The first-order valence-electron chi connectivity index (χ1n) is 6.00. The van der Waals surface area contributed by atoms with Gasteiger partial charge >= 0.3 is 5.69 Å². The lowest BCUT2D eigenvalue weighted by Gasteiger charge is -2.32. The number of nitrogens with two attached hydrogens (primary N) is 1. The number of hydrazine groups is 1. The molecule has 104 valence electrons. The second-order valence-corrected chi connectivity index (χ2v) is 4.14. The standard InChI is InChI=1S/C10H16N6O3/c1-2-7-5-15(3-4-19-7)10-8(16(17)18)9(14-11)12-6-13-10/h6-7H,2-5,11H2,1H3,(H,12,13,14). The third-order valence-corrected chi connectivity index (χ3v) is 3.02. The Hall–Kier alpha value is -2.00. The number of hydrogen-bond acceptors (Lipinski definition) is 8. The fourth-order valence-corrected chi connectivity index (χ4v) is 2.03. The molecule has 19 heavy (non-hydrogen) atoms. The van der Waals surface area contributed by atoms with E-state index in [0.717, 1.165) is 6.42 Å². The Morgan fingerprint density at radius 2 is 2.47 bits per heavy atom. The summed E-state index contributed by atoms with van der Waals surface area (Å²) in [7, 11) is 0. The Kier molecular flexibility index (Phi) is 4.07. The summed E-state index contributed by atoms with van der Waals surface area (Å²) in [6.07, 6.45) is 2.16. The lowest BCUT2D eigenvalue weighted by molar-refractivity contribution is -0.383. The molecule has 1 unspecified atom stereocenters. The van der Waals surface area contributed by atoms with E-state index in [1.54, 1.807) is 0 Å². The summed E-state index contributed by atoms with van der Waals surface area (Å²) in [4.78, 5) is 20.3. The van der Waals surface area contributed by atoms with E-state index in [0.29, 0.717) is 19.7 Å². The van der Waals surface area contributed by atoms with Crippen LogP contribution >= 0.6 is 0 Å². The number of nitrogen functional groups attached to an aromatic ring is 1. The largest absolute Gasteiger partial charge is 0.375 e. The molecular weight excluding hydrogens is 252 g/mol. The first-order chi connectivity index (χ1) is 9.17. The molecule has 2 rings (SSSR count). The fourth-order valence-electron chi connectivity index (χ4n) is 2.03. The van der Waals surface area contributed by atoms with Gasteiger partial charge in [0, 0.05) is 13.1 Å². The lowest BCUT2D eigenvalue weighted by Crippen LogP contribution is -2.43. The van der Waals surface area contributed by atoms with Crippen LogP contribution in [-0.4, -0.2) is 40.7 Å². The molecule has 9 nitrogen and oxygen atoms in total. The van der Waals surface area contributed by atoms with Crippen LogP contribution in [0.2, 0.25) is 0 Å². The number of rotatable bonds is 4. The molecule has 9 heteroatoms. The zero-order valence-electron chi connectivity index (χ0n) is 10.6. The zero-order valence-corrected chi connectivity index (χ0v) is 10.6. The summed E-state index contributed by atoms with van der Waals surface area (Å²) < 4.78 is 5.54. The van der Waals surface area contributed by atoms with Crippen LogP contribution < -0.4 is 16.2 Å². The van der Waals surface area contributed by atoms with E-state index < -0.39 is 4.92 Å². The Bertz CT molecular complexity index is 469. The summed E-state index contributed by atoms with van der Waals surface area (Å²) in [6, 6.07) is 0. The molecule has 1 aromatic heterocycles. The van der Waals surface area contributed by atoms with Crippen LogP contribution in [-0.2, 0) is 4.74 Å². The molecule has 0 aromatic carbocycles. The number of ether oxygens (including phenoxy) is 1. The van der Waals surface area contributed by atoms with Gasteiger partial charge in [-0.2, -0.15) is 0 Å². The minimum atomic E-state index is -0.527. The smallest absolute Gasteiger partial charge is 0.354 e. The van der Waals surface area contributed by atoms with Crippen LogP contribution in [0.1, 0.15) is 13.3 Å². The average Bonchev–Trinajstić information content (AvgIpc) is 2.46. The predicted octanol–water partition coefficient (Wildman–Crippen LogP) is 0.286. The minimum absolute atomic E-state index is 0.00883. The number of nitro groups is 1. The first-order valence-corrected chi connectivity index (χ1v) is 6.00. The highest BCUT2D eigenvalue weighted by Crippen LogP contribution is 2.32. The van der Waals surface area contributed by atoms with Crippen LogP contribution in [0.25, 0.3) is 0 Å². The Labute approximate surface area is 109 Å². The summed E-state index contributed by atoms with van der Waals surface area (Å²) in [5.41, 5.74) is 2.02. The second kappa shape index (κ2) is 5.76. The molecule has 3 N–H and O–H groups in total. The number of hydrogen-bond donors (Lipinski definition) is 2. The summed E-state index contributed by atoms with van der Waals surface area (Å²) in [5.74, 6) is 5.53. The molecule has 1 fully saturated rings. The lowest BCUT2D eigenvalue weighted by atomic mass is 10.2. The SMILES string of the molecule is CCC1CN(c2ncnc(NN)c2[N+](=O)[O-])CCO1. The van der Waals surface area contributed by atoms with Gasteiger partial charge in [0.15, 0.2) is 0 Å². The monoisotopic (exact) mass is 268 g/mol. The van der Waals surface area contributed by atoms with Crippen molar-refractivity contribution in [2.45, 2.75) is 19.4 Å². The maximum absolute atomic E-state index is 11.2. The molecule has 0 bridgehead atoms. The summed E-state index contributed by atoms with van der Waals surface area (Å²) in [5, 5.41) is 11.2. The fraction of sp³-hybridized carbons (Fsp3) is 0.600. The van der Waals surface area contributed by atoms with E-state index in [4.69, 9.17) is 10.6 Å². The van der Waals surface area contributed by atoms with Gasteiger partial charge < -0.3 is 15.1 Å². The van der Waals surface area contributed by atoms with Crippen LogP contribution in [0.4, 0.5) is 17.3 Å². The molecule has 0 radical (unpaired) electrons. The van der Waals surface area contributed by atoms with E-state index in [1.165, 1.54) is 6.33 Å². The highest BCUT2D eigenvalue weighted by molar-refractivity contribution is 5.70. The number of nitrogens with zero attached hydrogens (tertiary/aromatic N) is 4. The summed E-state index contributed by atoms with van der Waals surface area (Å²) in [6.45, 7) is 3.65. The normalized spacial score (nSPS) is 19.3. The van der Waals surface area contributed by atoms with Gasteiger partial charge in [-0.1, -0.05) is 6.92 Å². The number of aromatic nitrogens is 2. The van der Waals surface area contributed by atoms with Crippen LogP contribution in [0.5, 0.6) is 0 Å². The molecule has 1 aliphatic heterocycles. The quantitative estimate of drug-likeness (QED) is 0.454. The molecule has 1 atom stereocenters. The molecule has 0 aliphatic carbocycles. The Balaban J connectivity index is 2.35. The van der Waals surface area contributed by atoms with Crippen molar-refractivity contribution in [3.05, 3.63) is 16.4 Å². The van der Waals surface area contributed by atoms with Gasteiger partial charge in [0.25, 0.3) is 0 Å². The Morgan fingerprint density at radius 1 is 1.68 bits per heavy atom. The van der Waals surface area contributed by atoms with Crippen LogP contribution in [0.15, 0.2) is 6.33 Å². The van der Waals surface area contributed by atoms with E-state index in [1.807, 2.05) is 11.8 Å². The van der Waals surface area contributed by atoms with Crippen LogP contribution in [0, 0.1) is 10.1 Å². The Morgan fingerprint density at radius 3 is 3.11 bits per heavy atom. The molecule has 2 heterocycles. The zero-order chi connectivity index (χ0) is 13.8. The molecule has 1 aromatic rings. The van der Waals surface area contributed by atoms with E-state index in [9.17, 15) is 10.1 Å². The van der Waals surface area contributed by atoms with E-state index in [-0.39, 0.29) is 23.4 Å². The van der Waals surface area contributed by atoms with Gasteiger partial charge in [0.1, 0.15) is 6.33 Å². The minimum Gasteiger partial charge on any atom is -0.375 e. The van der Waals surface area contributed by atoms with Crippen molar-refractivity contribution < 1.29 is 9.66 Å². The number of anilines is 2. The van der Waals surface area contributed by atoms with Crippen molar-refractivity contribution >= 4 is 17.3 Å². The van der Waals surface area contributed by atoms with Crippen molar-refractivity contribution in [1.82, 2.24) is 9.97 Å². The molecule has 0 saturated carbocycles. The highest BCUT2D eigenvalue weighted by Gasteiger charge is 2.29. The van der Waals surface area contributed by atoms with Crippen molar-refractivity contribution in [2.75, 3.05) is 30.0 Å². The van der Waals surface area contributed by atoms with Gasteiger partial charge in [-0.15, -0.1) is 0 Å². The third kappa shape index (κ3) is 2.71. The van der Waals surface area contributed by atoms with Gasteiger partial charge in [-0.05, 0) is 6.42 Å². The topological polar surface area (TPSA) is 119 Å². The average molecular weight is 268 g/mol. The molecule has 0 amide bonds. The molecular formula is C10H16N6O3. The van der Waals surface area contributed by atoms with Crippen LogP contribution in [0.3, 0.4) is 0 Å². The molecule has 1 aliphatic rings. The highest BCUT2D eigenvalue weighted by atomic mass is 16.6. The van der Waals surface area contributed by atoms with Gasteiger partial charge in [0.2, 0.25) is 11.6 Å². The maximum atomic E-state index is 11.2. The first kappa shape index (κ1) is 13.4. The number of nitrogens with one attached hydrogen (secondary N) is 1. The third-order valence-electron chi connectivity index (χ3n) is 3.02. The molecule has 0 spiro atoms. The molecule has 1 saturated heterocycles. The maximum Gasteiger partial charge on any atom is 0.354 e. The second-order valence-electron chi connectivity index (χ2n) is 4.14. The van der Waals surface area contributed by atoms with Gasteiger partial charge in [-0.25, -0.2) is 15.8 Å². The van der Waals surface area contributed by atoms with Crippen molar-refractivity contribution in [3.63, 3.8) is 0 Å².